The summed E-state index contributed by atoms with van der Waals surface area (Å²) in [5, 5.41) is 8.08. The number of hydrogen-bond acceptors (Lipinski definition) is 3. The molecule has 0 atom stereocenters. The summed E-state index contributed by atoms with van der Waals surface area (Å²) in [6, 6.07) is 8.57. The third kappa shape index (κ3) is 1.56. The zero-order valence-electron chi connectivity index (χ0n) is 9.30. The van der Waals surface area contributed by atoms with E-state index in [0.29, 0.717) is 0 Å². The average Bonchev–Trinajstić information content (AvgIpc) is 2.87. The van der Waals surface area contributed by atoms with E-state index >= 15 is 0 Å². The van der Waals surface area contributed by atoms with Gasteiger partial charge in [0.05, 0.1) is 6.54 Å². The van der Waals surface area contributed by atoms with Crippen molar-refractivity contribution in [3.8, 4) is 0 Å². The van der Waals surface area contributed by atoms with Crippen LogP contribution in [-0.4, -0.2) is 21.5 Å². The second kappa shape index (κ2) is 3.63. The molecule has 0 radical (unpaired) electrons. The molecule has 0 fully saturated rings. The van der Waals surface area contributed by atoms with E-state index in [2.05, 4.69) is 39.5 Å². The minimum atomic E-state index is 0.852. The number of aryl methyl sites for hydroxylation is 1. The van der Waals surface area contributed by atoms with Gasteiger partial charge in [-0.25, -0.2) is 0 Å². The lowest BCUT2D eigenvalue weighted by Gasteiger charge is -2.17. The summed E-state index contributed by atoms with van der Waals surface area (Å²) in [5.41, 5.74) is 3.80. The molecule has 0 amide bonds. The van der Waals surface area contributed by atoms with Crippen LogP contribution < -0.4 is 4.90 Å². The van der Waals surface area contributed by atoms with Gasteiger partial charge in [-0.3, -0.25) is 4.68 Å². The maximum Gasteiger partial charge on any atom is 0.102 e. The first-order chi connectivity index (χ1) is 7.83. The van der Waals surface area contributed by atoms with E-state index in [1.807, 2.05) is 13.2 Å². The highest BCUT2D eigenvalue weighted by Crippen LogP contribution is 2.28. The number of para-hydroxylation sites is 1. The Morgan fingerprint density at radius 3 is 3.00 bits per heavy atom. The van der Waals surface area contributed by atoms with Crippen LogP contribution in [0, 0.1) is 0 Å². The largest absolute Gasteiger partial charge is 0.365 e. The normalized spacial score (nSPS) is 14.2. The standard InChI is InChI=1S/C12H14N4/c1-15-8-11(13-14-15)9-16-7-6-10-4-2-3-5-12(10)16/h2-5,8H,6-7,9H2,1H3. The van der Waals surface area contributed by atoms with Gasteiger partial charge < -0.3 is 4.90 Å². The summed E-state index contributed by atoms with van der Waals surface area (Å²) in [6.45, 7) is 1.93. The van der Waals surface area contributed by atoms with Crippen LogP contribution in [0.3, 0.4) is 0 Å². The third-order valence-corrected chi connectivity index (χ3v) is 2.99. The van der Waals surface area contributed by atoms with Gasteiger partial charge in [0, 0.05) is 25.5 Å². The van der Waals surface area contributed by atoms with Gasteiger partial charge in [-0.05, 0) is 18.1 Å². The molecule has 1 aromatic heterocycles. The van der Waals surface area contributed by atoms with Crippen LogP contribution in [0.5, 0.6) is 0 Å². The lowest BCUT2D eigenvalue weighted by molar-refractivity contribution is 0.712. The van der Waals surface area contributed by atoms with Gasteiger partial charge in [0.15, 0.2) is 0 Å². The van der Waals surface area contributed by atoms with Crippen molar-refractivity contribution in [2.45, 2.75) is 13.0 Å². The highest BCUT2D eigenvalue weighted by atomic mass is 15.4. The lowest BCUT2D eigenvalue weighted by Crippen LogP contribution is -2.19. The Balaban J connectivity index is 1.83. The molecule has 0 unspecified atom stereocenters. The van der Waals surface area contributed by atoms with E-state index in [-0.39, 0.29) is 0 Å². The summed E-state index contributed by atoms with van der Waals surface area (Å²) in [6.07, 6.45) is 3.11. The second-order valence-electron chi connectivity index (χ2n) is 4.18. The van der Waals surface area contributed by atoms with Crippen molar-refractivity contribution in [3.63, 3.8) is 0 Å². The molecular formula is C12H14N4. The Labute approximate surface area is 94.5 Å². The average molecular weight is 214 g/mol. The van der Waals surface area contributed by atoms with Crippen molar-refractivity contribution < 1.29 is 0 Å². The molecule has 0 spiro atoms. The van der Waals surface area contributed by atoms with Crippen LogP contribution in [0.15, 0.2) is 30.5 Å². The molecule has 82 valence electrons. The molecule has 0 bridgehead atoms. The summed E-state index contributed by atoms with van der Waals surface area (Å²) in [7, 11) is 1.90. The first-order valence-corrected chi connectivity index (χ1v) is 5.51. The number of nitrogens with zero attached hydrogens (tertiary/aromatic N) is 4. The molecule has 1 aliphatic heterocycles. The van der Waals surface area contributed by atoms with Crippen molar-refractivity contribution in [1.82, 2.24) is 15.0 Å². The van der Waals surface area contributed by atoms with Crippen molar-refractivity contribution in [2.75, 3.05) is 11.4 Å². The third-order valence-electron chi connectivity index (χ3n) is 2.99. The minimum Gasteiger partial charge on any atom is -0.365 e. The van der Waals surface area contributed by atoms with E-state index in [0.717, 1.165) is 25.2 Å². The Morgan fingerprint density at radius 2 is 2.19 bits per heavy atom. The summed E-state index contributed by atoms with van der Waals surface area (Å²) >= 11 is 0. The molecule has 0 saturated carbocycles. The fourth-order valence-electron chi connectivity index (χ4n) is 2.23. The van der Waals surface area contributed by atoms with Crippen LogP contribution in [0.1, 0.15) is 11.3 Å². The van der Waals surface area contributed by atoms with Gasteiger partial charge in [-0.1, -0.05) is 23.4 Å². The summed E-state index contributed by atoms with van der Waals surface area (Å²) < 4.78 is 1.75. The van der Waals surface area contributed by atoms with Gasteiger partial charge >= 0.3 is 0 Å². The predicted molar refractivity (Wildman–Crippen MR) is 62.2 cm³/mol. The molecule has 4 heteroatoms. The Morgan fingerprint density at radius 1 is 1.31 bits per heavy atom. The van der Waals surface area contributed by atoms with E-state index in [9.17, 15) is 0 Å². The van der Waals surface area contributed by atoms with E-state index in [1.165, 1.54) is 11.3 Å². The molecule has 2 aromatic rings. The zero-order valence-corrected chi connectivity index (χ0v) is 9.30. The quantitative estimate of drug-likeness (QED) is 0.757. The molecule has 0 saturated heterocycles. The van der Waals surface area contributed by atoms with Gasteiger partial charge in [-0.2, -0.15) is 0 Å². The summed E-state index contributed by atoms with van der Waals surface area (Å²) in [4.78, 5) is 2.36. The predicted octanol–water partition coefficient (Wildman–Crippen LogP) is 1.38. The first-order valence-electron chi connectivity index (χ1n) is 5.51. The van der Waals surface area contributed by atoms with E-state index < -0.39 is 0 Å². The first kappa shape index (κ1) is 9.39. The minimum absolute atomic E-state index is 0.852. The van der Waals surface area contributed by atoms with Crippen molar-refractivity contribution in [1.29, 1.82) is 0 Å². The molecule has 1 aliphatic rings. The number of anilines is 1. The smallest absolute Gasteiger partial charge is 0.102 e. The monoisotopic (exact) mass is 214 g/mol. The number of aromatic nitrogens is 3. The van der Waals surface area contributed by atoms with Crippen molar-refractivity contribution in [3.05, 3.63) is 41.7 Å². The number of rotatable bonds is 2. The van der Waals surface area contributed by atoms with Gasteiger partial charge in [0.2, 0.25) is 0 Å². The van der Waals surface area contributed by atoms with Crippen LogP contribution in [0.2, 0.25) is 0 Å². The van der Waals surface area contributed by atoms with Crippen LogP contribution >= 0.6 is 0 Å². The molecule has 1 aromatic carbocycles. The number of fused-ring (bicyclic) bond motifs is 1. The molecule has 4 nitrogen and oxygen atoms in total. The fourth-order valence-corrected chi connectivity index (χ4v) is 2.23. The number of hydrogen-bond donors (Lipinski definition) is 0. The Bertz CT molecular complexity index is 503. The van der Waals surface area contributed by atoms with Crippen LogP contribution in [-0.2, 0) is 20.0 Å². The fraction of sp³-hybridized carbons (Fsp3) is 0.333. The van der Waals surface area contributed by atoms with Crippen molar-refractivity contribution in [2.24, 2.45) is 7.05 Å². The highest BCUT2D eigenvalue weighted by molar-refractivity contribution is 5.57. The van der Waals surface area contributed by atoms with Gasteiger partial charge in [0.25, 0.3) is 0 Å². The zero-order chi connectivity index (χ0) is 11.0. The molecule has 16 heavy (non-hydrogen) atoms. The van der Waals surface area contributed by atoms with Crippen LogP contribution in [0.25, 0.3) is 0 Å². The molecular weight excluding hydrogens is 200 g/mol. The molecule has 0 aliphatic carbocycles. The maximum atomic E-state index is 4.12. The molecule has 2 heterocycles. The highest BCUT2D eigenvalue weighted by Gasteiger charge is 2.18. The van der Waals surface area contributed by atoms with Crippen LogP contribution in [0.4, 0.5) is 5.69 Å². The Kier molecular flexibility index (Phi) is 2.13. The van der Waals surface area contributed by atoms with E-state index in [1.54, 1.807) is 4.68 Å². The van der Waals surface area contributed by atoms with E-state index in [4.69, 9.17) is 0 Å². The SMILES string of the molecule is Cn1cc(CN2CCc3ccccc32)nn1. The summed E-state index contributed by atoms with van der Waals surface area (Å²) in [5.74, 6) is 0. The van der Waals surface area contributed by atoms with Crippen molar-refractivity contribution >= 4 is 5.69 Å². The van der Waals surface area contributed by atoms with Gasteiger partial charge in [-0.15, -0.1) is 5.10 Å². The van der Waals surface area contributed by atoms with Gasteiger partial charge in [0.1, 0.15) is 5.69 Å². The number of benzene rings is 1. The Hall–Kier alpha value is -1.84. The maximum absolute atomic E-state index is 4.12. The lowest BCUT2D eigenvalue weighted by atomic mass is 10.2. The molecule has 3 rings (SSSR count). The molecule has 0 N–H and O–H groups in total. The second-order valence-corrected chi connectivity index (χ2v) is 4.18. The topological polar surface area (TPSA) is 34.0 Å².